The van der Waals surface area contributed by atoms with Gasteiger partial charge in [-0.3, -0.25) is 0 Å². The lowest BCUT2D eigenvalue weighted by Gasteiger charge is -2.31. The third-order valence-corrected chi connectivity index (χ3v) is 4.09. The van der Waals surface area contributed by atoms with E-state index >= 15 is 0 Å². The number of nitrogens with one attached hydrogen (secondary N) is 1. The third-order valence-electron chi connectivity index (χ3n) is 4.09. The van der Waals surface area contributed by atoms with Crippen LogP contribution in [0.25, 0.3) is 0 Å². The van der Waals surface area contributed by atoms with E-state index in [0.29, 0.717) is 12.1 Å². The van der Waals surface area contributed by atoms with Crippen LogP contribution in [-0.2, 0) is 17.8 Å². The Labute approximate surface area is 128 Å². The quantitative estimate of drug-likeness (QED) is 0.840. The molecule has 120 valence electrons. The van der Waals surface area contributed by atoms with Gasteiger partial charge in [-0.15, -0.1) is 5.10 Å². The predicted molar refractivity (Wildman–Crippen MR) is 83.9 cm³/mol. The van der Waals surface area contributed by atoms with E-state index < -0.39 is 0 Å². The Hall–Kier alpha value is -0.940. The van der Waals surface area contributed by atoms with Crippen LogP contribution in [0.4, 0.5) is 0 Å². The van der Waals surface area contributed by atoms with Gasteiger partial charge in [-0.2, -0.15) is 0 Å². The normalized spacial score (nSPS) is 26.4. The van der Waals surface area contributed by atoms with E-state index in [1.165, 1.54) is 19.3 Å². The molecule has 1 aromatic rings. The van der Waals surface area contributed by atoms with Crippen molar-refractivity contribution in [3.05, 3.63) is 11.9 Å². The van der Waals surface area contributed by atoms with Gasteiger partial charge < -0.3 is 10.1 Å². The van der Waals surface area contributed by atoms with Crippen molar-refractivity contribution in [3.63, 3.8) is 0 Å². The van der Waals surface area contributed by atoms with Gasteiger partial charge in [0.05, 0.1) is 24.9 Å². The van der Waals surface area contributed by atoms with Crippen molar-refractivity contribution in [2.45, 2.75) is 72.2 Å². The summed E-state index contributed by atoms with van der Waals surface area (Å²) in [5, 5.41) is 11.7. The molecule has 2 unspecified atom stereocenters. The molecule has 0 spiro atoms. The summed E-state index contributed by atoms with van der Waals surface area (Å²) in [6.07, 6.45) is 6.17. The van der Waals surface area contributed by atoms with Crippen molar-refractivity contribution >= 4 is 0 Å². The monoisotopic (exact) mass is 294 g/mol. The summed E-state index contributed by atoms with van der Waals surface area (Å²) < 4.78 is 7.91. The summed E-state index contributed by atoms with van der Waals surface area (Å²) in [6, 6.07) is 0.466. The van der Waals surface area contributed by atoms with Crippen molar-refractivity contribution in [3.8, 4) is 0 Å². The number of hydrogen-bond acceptors (Lipinski definition) is 4. The molecule has 1 heterocycles. The van der Waals surface area contributed by atoms with Crippen LogP contribution in [0.2, 0.25) is 0 Å². The third kappa shape index (κ3) is 5.75. The van der Waals surface area contributed by atoms with Gasteiger partial charge in [-0.1, -0.05) is 32.9 Å². The highest BCUT2D eigenvalue weighted by Crippen LogP contribution is 2.30. The molecule has 5 nitrogen and oxygen atoms in total. The zero-order chi connectivity index (χ0) is 15.2. The first-order valence-corrected chi connectivity index (χ1v) is 8.27. The molecule has 2 atom stereocenters. The lowest BCUT2D eigenvalue weighted by molar-refractivity contribution is -0.00346. The van der Waals surface area contributed by atoms with Gasteiger partial charge in [-0.25, -0.2) is 4.68 Å². The molecule has 0 amide bonds. The number of aromatic nitrogens is 3. The largest absolute Gasteiger partial charge is 0.376 e. The van der Waals surface area contributed by atoms with Gasteiger partial charge in [0.15, 0.2) is 0 Å². The average Bonchev–Trinajstić information content (AvgIpc) is 2.83. The Morgan fingerprint density at radius 2 is 2.00 bits per heavy atom. The Bertz CT molecular complexity index is 408. The van der Waals surface area contributed by atoms with Crippen molar-refractivity contribution in [1.29, 1.82) is 0 Å². The van der Waals surface area contributed by atoms with Crippen molar-refractivity contribution in [1.82, 2.24) is 20.3 Å². The molecular weight excluding hydrogens is 264 g/mol. The van der Waals surface area contributed by atoms with Gasteiger partial charge in [0.25, 0.3) is 0 Å². The van der Waals surface area contributed by atoms with E-state index in [0.717, 1.165) is 37.2 Å². The summed E-state index contributed by atoms with van der Waals surface area (Å²) in [6.45, 7) is 11.2. The summed E-state index contributed by atoms with van der Waals surface area (Å²) in [7, 11) is 0. The van der Waals surface area contributed by atoms with Crippen LogP contribution >= 0.6 is 0 Å². The van der Waals surface area contributed by atoms with Gasteiger partial charge in [0, 0.05) is 18.8 Å². The molecule has 1 aliphatic carbocycles. The molecule has 0 bridgehead atoms. The minimum atomic E-state index is 0.425. The topological polar surface area (TPSA) is 52.0 Å². The van der Waals surface area contributed by atoms with Gasteiger partial charge in [-0.05, 0) is 31.1 Å². The van der Waals surface area contributed by atoms with Crippen molar-refractivity contribution in [2.24, 2.45) is 11.8 Å². The fourth-order valence-corrected chi connectivity index (χ4v) is 3.16. The Morgan fingerprint density at radius 3 is 2.67 bits per heavy atom. The molecule has 0 aliphatic heterocycles. The van der Waals surface area contributed by atoms with Crippen LogP contribution in [0, 0.1) is 11.8 Å². The van der Waals surface area contributed by atoms with E-state index in [1.807, 2.05) is 10.9 Å². The molecule has 2 rings (SSSR count). The maximum absolute atomic E-state index is 6.03. The summed E-state index contributed by atoms with van der Waals surface area (Å²) >= 11 is 0. The molecule has 0 aromatic carbocycles. The molecule has 5 heteroatoms. The smallest absolute Gasteiger partial charge is 0.0964 e. The summed E-state index contributed by atoms with van der Waals surface area (Å²) in [4.78, 5) is 0. The number of hydrogen-bond donors (Lipinski definition) is 1. The van der Waals surface area contributed by atoms with Crippen LogP contribution < -0.4 is 5.32 Å². The first-order chi connectivity index (χ1) is 10.0. The zero-order valence-electron chi connectivity index (χ0n) is 13.9. The second-order valence-corrected chi connectivity index (χ2v) is 6.92. The fraction of sp³-hybridized carbons (Fsp3) is 0.875. The maximum Gasteiger partial charge on any atom is 0.0964 e. The lowest BCUT2D eigenvalue weighted by Crippen LogP contribution is -2.27. The van der Waals surface area contributed by atoms with Crippen LogP contribution in [0.3, 0.4) is 0 Å². The average molecular weight is 294 g/mol. The SMILES string of the molecule is CC1CC(C)CC(OCCn2cc(CNC(C)C)nn2)C1. The van der Waals surface area contributed by atoms with Crippen LogP contribution in [-0.4, -0.2) is 33.7 Å². The van der Waals surface area contributed by atoms with Crippen LogP contribution in [0.1, 0.15) is 52.7 Å². The van der Waals surface area contributed by atoms with Crippen LogP contribution in [0.5, 0.6) is 0 Å². The Balaban J connectivity index is 1.68. The predicted octanol–water partition coefficient (Wildman–Crippen LogP) is 2.62. The first-order valence-electron chi connectivity index (χ1n) is 8.27. The van der Waals surface area contributed by atoms with E-state index in [2.05, 4.69) is 43.3 Å². The van der Waals surface area contributed by atoms with Gasteiger partial charge in [0.1, 0.15) is 0 Å². The van der Waals surface area contributed by atoms with Crippen molar-refractivity contribution < 1.29 is 4.74 Å². The molecule has 0 radical (unpaired) electrons. The second-order valence-electron chi connectivity index (χ2n) is 6.92. The summed E-state index contributed by atoms with van der Waals surface area (Å²) in [5.74, 6) is 1.58. The minimum absolute atomic E-state index is 0.425. The Morgan fingerprint density at radius 1 is 1.29 bits per heavy atom. The molecule has 0 saturated heterocycles. The molecule has 1 saturated carbocycles. The Kier molecular flexibility index (Phi) is 6.18. The maximum atomic E-state index is 6.03. The summed E-state index contributed by atoms with van der Waals surface area (Å²) in [5.41, 5.74) is 0.989. The molecule has 1 N–H and O–H groups in total. The van der Waals surface area contributed by atoms with Crippen LogP contribution in [0.15, 0.2) is 6.20 Å². The number of nitrogens with zero attached hydrogens (tertiary/aromatic N) is 3. The molecule has 1 aliphatic rings. The van der Waals surface area contributed by atoms with Crippen molar-refractivity contribution in [2.75, 3.05) is 6.61 Å². The molecular formula is C16H30N4O. The molecule has 1 aromatic heterocycles. The number of ether oxygens (including phenoxy) is 1. The second kappa shape index (κ2) is 7.90. The lowest BCUT2D eigenvalue weighted by atomic mass is 9.82. The van der Waals surface area contributed by atoms with Gasteiger partial charge in [0.2, 0.25) is 0 Å². The number of rotatable bonds is 7. The molecule has 21 heavy (non-hydrogen) atoms. The van der Waals surface area contributed by atoms with E-state index in [4.69, 9.17) is 4.74 Å². The highest BCUT2D eigenvalue weighted by Gasteiger charge is 2.24. The molecule has 1 fully saturated rings. The standard InChI is InChI=1S/C16H30N4O/c1-12(2)17-10-15-11-20(19-18-15)5-6-21-16-8-13(3)7-14(4)9-16/h11-14,16-17H,5-10H2,1-4H3. The fourth-order valence-electron chi connectivity index (χ4n) is 3.16. The zero-order valence-corrected chi connectivity index (χ0v) is 13.9. The van der Waals surface area contributed by atoms with E-state index in [-0.39, 0.29) is 0 Å². The highest BCUT2D eigenvalue weighted by atomic mass is 16.5. The van der Waals surface area contributed by atoms with E-state index in [1.54, 1.807) is 0 Å². The van der Waals surface area contributed by atoms with E-state index in [9.17, 15) is 0 Å². The van der Waals surface area contributed by atoms with Gasteiger partial charge >= 0.3 is 0 Å². The minimum Gasteiger partial charge on any atom is -0.376 e. The highest BCUT2D eigenvalue weighted by molar-refractivity contribution is 4.91. The first kappa shape index (κ1) is 16.4.